The van der Waals surface area contributed by atoms with E-state index in [9.17, 15) is 0 Å². The van der Waals surface area contributed by atoms with E-state index < -0.39 is 0 Å². The van der Waals surface area contributed by atoms with Crippen molar-refractivity contribution in [3.05, 3.63) is 0 Å². The van der Waals surface area contributed by atoms with Gasteiger partial charge in [-0.25, -0.2) is 0 Å². The highest BCUT2D eigenvalue weighted by Gasteiger charge is 2.15. The van der Waals surface area contributed by atoms with Gasteiger partial charge in [-0.15, -0.1) is 0 Å². The van der Waals surface area contributed by atoms with E-state index in [1.165, 1.54) is 31.4 Å². The lowest BCUT2D eigenvalue weighted by atomic mass is 10.4. The molecule has 0 heterocycles. The molecule has 0 bridgehead atoms. The third kappa shape index (κ3) is 3.81. The van der Waals surface area contributed by atoms with Crippen molar-refractivity contribution >= 4 is 11.8 Å². The van der Waals surface area contributed by atoms with E-state index in [2.05, 4.69) is 30.9 Å². The van der Waals surface area contributed by atoms with E-state index in [0.717, 1.165) is 11.8 Å². The summed E-state index contributed by atoms with van der Waals surface area (Å²) in [5.74, 6) is 1.29. The number of nitrogens with one attached hydrogen (secondary N) is 1. The lowest BCUT2D eigenvalue weighted by molar-refractivity contribution is 0.619. The third-order valence-corrected chi connectivity index (χ3v) is 4.07. The van der Waals surface area contributed by atoms with Crippen LogP contribution in [0.4, 0.5) is 0 Å². The zero-order valence-corrected chi connectivity index (χ0v) is 9.12. The van der Waals surface area contributed by atoms with Crippen LogP contribution in [0.5, 0.6) is 0 Å². The fourth-order valence-electron chi connectivity index (χ4n) is 1.74. The standard InChI is InChI=1S/C10H21NS/c1-3-11-9(2)8-12-10-6-4-5-7-10/h9-11H,3-8H2,1-2H3. The van der Waals surface area contributed by atoms with E-state index >= 15 is 0 Å². The van der Waals surface area contributed by atoms with Gasteiger partial charge in [-0.1, -0.05) is 19.8 Å². The Morgan fingerprint density at radius 1 is 1.42 bits per heavy atom. The molecule has 1 saturated carbocycles. The van der Waals surface area contributed by atoms with Crippen molar-refractivity contribution in [3.63, 3.8) is 0 Å². The monoisotopic (exact) mass is 187 g/mol. The van der Waals surface area contributed by atoms with E-state index in [1.54, 1.807) is 0 Å². The molecule has 0 radical (unpaired) electrons. The molecule has 0 aliphatic heterocycles. The van der Waals surface area contributed by atoms with E-state index in [4.69, 9.17) is 0 Å². The molecule has 1 aliphatic rings. The van der Waals surface area contributed by atoms with Crippen LogP contribution in [0.25, 0.3) is 0 Å². The van der Waals surface area contributed by atoms with Crippen molar-refractivity contribution in [3.8, 4) is 0 Å². The molecule has 12 heavy (non-hydrogen) atoms. The van der Waals surface area contributed by atoms with E-state index in [1.807, 2.05) is 0 Å². The third-order valence-electron chi connectivity index (χ3n) is 2.44. The summed E-state index contributed by atoms with van der Waals surface area (Å²) < 4.78 is 0. The lowest BCUT2D eigenvalue weighted by Crippen LogP contribution is -2.28. The Morgan fingerprint density at radius 3 is 2.67 bits per heavy atom. The molecule has 1 unspecified atom stereocenters. The minimum absolute atomic E-state index is 0.695. The molecule has 1 fully saturated rings. The Morgan fingerprint density at radius 2 is 2.08 bits per heavy atom. The van der Waals surface area contributed by atoms with Crippen LogP contribution >= 0.6 is 11.8 Å². The quantitative estimate of drug-likeness (QED) is 0.710. The lowest BCUT2D eigenvalue weighted by Gasteiger charge is -2.14. The minimum atomic E-state index is 0.695. The molecule has 0 aromatic heterocycles. The van der Waals surface area contributed by atoms with Crippen LogP contribution in [0.3, 0.4) is 0 Å². The van der Waals surface area contributed by atoms with E-state index in [-0.39, 0.29) is 0 Å². The molecule has 0 spiro atoms. The van der Waals surface area contributed by atoms with Gasteiger partial charge in [0.25, 0.3) is 0 Å². The Hall–Kier alpha value is 0.310. The average Bonchev–Trinajstić information content (AvgIpc) is 2.53. The second kappa shape index (κ2) is 5.87. The predicted molar refractivity (Wildman–Crippen MR) is 57.9 cm³/mol. The molecule has 0 saturated heterocycles. The zero-order valence-electron chi connectivity index (χ0n) is 8.31. The molecule has 1 atom stereocenters. The zero-order chi connectivity index (χ0) is 8.81. The first-order valence-electron chi connectivity index (χ1n) is 5.18. The van der Waals surface area contributed by atoms with Gasteiger partial charge < -0.3 is 5.32 Å². The molecule has 1 aliphatic carbocycles. The minimum Gasteiger partial charge on any atom is -0.314 e. The SMILES string of the molecule is CCNC(C)CSC1CCCC1. The normalized spacial score (nSPS) is 21.5. The Balaban J connectivity index is 1.99. The van der Waals surface area contributed by atoms with E-state index in [0.29, 0.717) is 6.04 Å². The van der Waals surface area contributed by atoms with Crippen molar-refractivity contribution in [2.75, 3.05) is 12.3 Å². The highest BCUT2D eigenvalue weighted by molar-refractivity contribution is 7.99. The van der Waals surface area contributed by atoms with Crippen LogP contribution in [0.1, 0.15) is 39.5 Å². The second-order valence-electron chi connectivity index (χ2n) is 3.70. The summed E-state index contributed by atoms with van der Waals surface area (Å²) in [7, 11) is 0. The molecule has 1 rings (SSSR count). The maximum Gasteiger partial charge on any atom is 0.0129 e. The van der Waals surface area contributed by atoms with Crippen LogP contribution < -0.4 is 5.32 Å². The van der Waals surface area contributed by atoms with Gasteiger partial charge in [-0.2, -0.15) is 11.8 Å². The van der Waals surface area contributed by atoms with Gasteiger partial charge in [0.05, 0.1) is 0 Å². The predicted octanol–water partition coefficient (Wildman–Crippen LogP) is 2.66. The first-order chi connectivity index (χ1) is 5.83. The Bertz CT molecular complexity index is 110. The fourth-order valence-corrected chi connectivity index (χ4v) is 3.09. The van der Waals surface area contributed by atoms with Gasteiger partial charge in [0.15, 0.2) is 0 Å². The molecule has 2 heteroatoms. The maximum atomic E-state index is 3.45. The highest BCUT2D eigenvalue weighted by atomic mass is 32.2. The molecule has 72 valence electrons. The van der Waals surface area contributed by atoms with Crippen LogP contribution in [0.15, 0.2) is 0 Å². The first kappa shape index (κ1) is 10.4. The van der Waals surface area contributed by atoms with Crippen LogP contribution in [0, 0.1) is 0 Å². The van der Waals surface area contributed by atoms with Gasteiger partial charge >= 0.3 is 0 Å². The largest absolute Gasteiger partial charge is 0.314 e. The smallest absolute Gasteiger partial charge is 0.0129 e. The van der Waals surface area contributed by atoms with Crippen LogP contribution in [-0.4, -0.2) is 23.6 Å². The van der Waals surface area contributed by atoms with Crippen molar-refractivity contribution in [2.24, 2.45) is 0 Å². The number of hydrogen-bond donors (Lipinski definition) is 1. The molecule has 1 N–H and O–H groups in total. The summed E-state index contributed by atoms with van der Waals surface area (Å²) in [5, 5.41) is 4.43. The number of thioether (sulfide) groups is 1. The summed E-state index contributed by atoms with van der Waals surface area (Å²) in [4.78, 5) is 0. The first-order valence-corrected chi connectivity index (χ1v) is 6.22. The van der Waals surface area contributed by atoms with Gasteiger partial charge in [-0.3, -0.25) is 0 Å². The Kier molecular flexibility index (Phi) is 5.08. The molecule has 0 aromatic rings. The molecule has 1 nitrogen and oxygen atoms in total. The van der Waals surface area contributed by atoms with Gasteiger partial charge in [-0.05, 0) is 26.3 Å². The van der Waals surface area contributed by atoms with Crippen molar-refractivity contribution in [1.82, 2.24) is 5.32 Å². The van der Waals surface area contributed by atoms with Gasteiger partial charge in [0.1, 0.15) is 0 Å². The summed E-state index contributed by atoms with van der Waals surface area (Å²) in [6, 6.07) is 0.695. The summed E-state index contributed by atoms with van der Waals surface area (Å²) in [6.45, 7) is 5.56. The van der Waals surface area contributed by atoms with Crippen molar-refractivity contribution in [1.29, 1.82) is 0 Å². The van der Waals surface area contributed by atoms with Gasteiger partial charge in [0, 0.05) is 17.0 Å². The molecule has 0 aromatic carbocycles. The summed E-state index contributed by atoms with van der Waals surface area (Å²) >= 11 is 2.17. The average molecular weight is 187 g/mol. The fraction of sp³-hybridized carbons (Fsp3) is 1.00. The Labute approximate surface area is 80.7 Å². The van der Waals surface area contributed by atoms with Crippen molar-refractivity contribution < 1.29 is 0 Å². The number of rotatable bonds is 5. The highest BCUT2D eigenvalue weighted by Crippen LogP contribution is 2.29. The molecular formula is C10H21NS. The second-order valence-corrected chi connectivity index (χ2v) is 5.03. The molecule has 0 amide bonds. The van der Waals surface area contributed by atoms with Crippen LogP contribution in [-0.2, 0) is 0 Å². The van der Waals surface area contributed by atoms with Crippen molar-refractivity contribution in [2.45, 2.75) is 50.8 Å². The number of hydrogen-bond acceptors (Lipinski definition) is 2. The maximum absolute atomic E-state index is 3.45. The topological polar surface area (TPSA) is 12.0 Å². The van der Waals surface area contributed by atoms with Gasteiger partial charge in [0.2, 0.25) is 0 Å². The van der Waals surface area contributed by atoms with Crippen LogP contribution in [0.2, 0.25) is 0 Å². The summed E-state index contributed by atoms with van der Waals surface area (Å²) in [6.07, 6.45) is 5.85. The summed E-state index contributed by atoms with van der Waals surface area (Å²) in [5.41, 5.74) is 0. The molecular weight excluding hydrogens is 166 g/mol.